The van der Waals surface area contributed by atoms with Crippen molar-refractivity contribution in [3.05, 3.63) is 154 Å². The van der Waals surface area contributed by atoms with Gasteiger partial charge in [0.15, 0.2) is 0 Å². The summed E-state index contributed by atoms with van der Waals surface area (Å²) in [5.74, 6) is 0. The Bertz CT molecular complexity index is 1570. The third kappa shape index (κ3) is 2.54. The minimum absolute atomic E-state index is 0.340. The topological polar surface area (TPSA) is 0 Å². The Labute approximate surface area is 200 Å². The lowest BCUT2D eigenvalue weighted by Gasteiger charge is -2.35. The van der Waals surface area contributed by atoms with Crippen molar-refractivity contribution < 1.29 is 0 Å². The maximum atomic E-state index is 2.37. The smallest absolute Gasteiger partial charge is 0.0619 e. The Kier molecular flexibility index (Phi) is 4.07. The first-order valence-electron chi connectivity index (χ1n) is 12.0. The van der Waals surface area contributed by atoms with Gasteiger partial charge >= 0.3 is 0 Å². The molecule has 2 aliphatic carbocycles. The number of hydrogen-bond donors (Lipinski definition) is 0. The van der Waals surface area contributed by atoms with E-state index in [1.54, 1.807) is 0 Å². The molecule has 1 spiro atoms. The van der Waals surface area contributed by atoms with Crippen LogP contribution in [0.15, 0.2) is 115 Å². The highest BCUT2D eigenvalue weighted by Crippen LogP contribution is 2.58. The van der Waals surface area contributed by atoms with Gasteiger partial charge in [0, 0.05) is 0 Å². The maximum absolute atomic E-state index is 2.37. The van der Waals surface area contributed by atoms with Gasteiger partial charge in [-0.3, -0.25) is 0 Å². The predicted octanol–water partition coefficient (Wildman–Crippen LogP) is 8.51. The van der Waals surface area contributed by atoms with Crippen LogP contribution in [0, 0.1) is 6.92 Å². The van der Waals surface area contributed by atoms with E-state index >= 15 is 0 Å². The first-order chi connectivity index (χ1) is 16.8. The summed E-state index contributed by atoms with van der Waals surface area (Å²) in [6.45, 7) is 2.16. The normalized spacial score (nSPS) is 14.1. The lowest BCUT2D eigenvalue weighted by molar-refractivity contribution is 0.766. The van der Waals surface area contributed by atoms with Gasteiger partial charge in [0.25, 0.3) is 0 Å². The van der Waals surface area contributed by atoms with E-state index in [2.05, 4.69) is 134 Å². The molecule has 0 atom stereocenters. The van der Waals surface area contributed by atoms with Gasteiger partial charge in [-0.05, 0) is 68.6 Å². The average Bonchev–Trinajstić information content (AvgIpc) is 3.09. The molecule has 0 N–H and O–H groups in total. The molecule has 5 aromatic rings. The van der Waals surface area contributed by atoms with Gasteiger partial charge in [0.05, 0.1) is 5.41 Å². The second-order valence-corrected chi connectivity index (χ2v) is 9.43. The van der Waals surface area contributed by atoms with Crippen molar-refractivity contribution >= 4 is 12.2 Å². The zero-order valence-corrected chi connectivity index (χ0v) is 19.1. The highest BCUT2D eigenvalue weighted by atomic mass is 14.5. The van der Waals surface area contributed by atoms with Crippen molar-refractivity contribution in [2.75, 3.05) is 0 Å². The fourth-order valence-corrected chi connectivity index (χ4v) is 6.17. The zero-order valence-electron chi connectivity index (χ0n) is 19.1. The standard InChI is InChI=1S/C34H24/c1-23-9-8-11-25(21-23)26-19-20-31-27(22-26)18-17-24-10-2-5-14-30(24)34(31)32-15-6-3-12-28(32)29-13-4-7-16-33(29)34/h2-22H,1H3. The van der Waals surface area contributed by atoms with Crippen molar-refractivity contribution in [1.82, 2.24) is 0 Å². The summed E-state index contributed by atoms with van der Waals surface area (Å²) in [5.41, 5.74) is 14.1. The van der Waals surface area contributed by atoms with Crippen LogP contribution in [0.4, 0.5) is 0 Å². The summed E-state index contributed by atoms with van der Waals surface area (Å²) in [6, 6.07) is 42.7. The predicted molar refractivity (Wildman–Crippen MR) is 143 cm³/mol. The quantitative estimate of drug-likeness (QED) is 0.244. The number of rotatable bonds is 1. The molecule has 34 heavy (non-hydrogen) atoms. The first-order valence-corrected chi connectivity index (χ1v) is 12.0. The molecule has 0 aromatic heterocycles. The minimum Gasteiger partial charge on any atom is -0.0619 e. The summed E-state index contributed by atoms with van der Waals surface area (Å²) in [7, 11) is 0. The van der Waals surface area contributed by atoms with E-state index in [9.17, 15) is 0 Å². The highest BCUT2D eigenvalue weighted by molar-refractivity contribution is 5.91. The molecule has 2 aliphatic rings. The maximum Gasteiger partial charge on any atom is 0.0725 e. The van der Waals surface area contributed by atoms with Gasteiger partial charge in [0.1, 0.15) is 0 Å². The summed E-state index contributed by atoms with van der Waals surface area (Å²) in [4.78, 5) is 0. The van der Waals surface area contributed by atoms with Gasteiger partial charge in [-0.25, -0.2) is 0 Å². The van der Waals surface area contributed by atoms with E-state index in [-0.39, 0.29) is 5.41 Å². The molecule has 160 valence electrons. The van der Waals surface area contributed by atoms with E-state index in [4.69, 9.17) is 0 Å². The van der Waals surface area contributed by atoms with Crippen molar-refractivity contribution in [3.8, 4) is 22.3 Å². The third-order valence-corrected chi connectivity index (χ3v) is 7.57. The van der Waals surface area contributed by atoms with Crippen LogP contribution in [0.25, 0.3) is 34.4 Å². The van der Waals surface area contributed by atoms with E-state index in [0.717, 1.165) is 0 Å². The largest absolute Gasteiger partial charge is 0.0725 e. The Morgan fingerprint density at radius 2 is 1.03 bits per heavy atom. The molecule has 0 nitrogen and oxygen atoms in total. The van der Waals surface area contributed by atoms with Crippen molar-refractivity contribution in [2.24, 2.45) is 0 Å². The van der Waals surface area contributed by atoms with Crippen molar-refractivity contribution in [1.29, 1.82) is 0 Å². The second-order valence-electron chi connectivity index (χ2n) is 9.43. The Hall–Kier alpha value is -4.16. The Balaban J connectivity index is 1.60. The van der Waals surface area contributed by atoms with Gasteiger partial charge < -0.3 is 0 Å². The van der Waals surface area contributed by atoms with Gasteiger partial charge in [-0.1, -0.05) is 127 Å². The molecule has 0 saturated carbocycles. The van der Waals surface area contributed by atoms with E-state index in [1.165, 1.54) is 61.2 Å². The van der Waals surface area contributed by atoms with Crippen LogP contribution in [0.1, 0.15) is 38.9 Å². The van der Waals surface area contributed by atoms with E-state index in [1.807, 2.05) is 0 Å². The number of aryl methyl sites for hydroxylation is 1. The first kappa shape index (κ1) is 19.3. The van der Waals surface area contributed by atoms with Gasteiger partial charge in [0.2, 0.25) is 0 Å². The SMILES string of the molecule is Cc1cccc(-c2ccc3c(c2)C=Cc2ccccc2C32c3ccccc3-c3ccccc32)c1. The lowest BCUT2D eigenvalue weighted by Crippen LogP contribution is -2.29. The molecular weight excluding hydrogens is 408 g/mol. The number of fused-ring (bicyclic) bond motifs is 9. The molecule has 0 radical (unpaired) electrons. The molecule has 0 heteroatoms. The molecular formula is C34H24. The third-order valence-electron chi connectivity index (χ3n) is 7.57. The molecule has 5 aromatic carbocycles. The fraction of sp³-hybridized carbons (Fsp3) is 0.0588. The van der Waals surface area contributed by atoms with Crippen molar-refractivity contribution in [3.63, 3.8) is 0 Å². The minimum atomic E-state index is -0.340. The average molecular weight is 433 g/mol. The summed E-state index contributed by atoms with van der Waals surface area (Å²) < 4.78 is 0. The van der Waals surface area contributed by atoms with Crippen LogP contribution < -0.4 is 0 Å². The fourth-order valence-electron chi connectivity index (χ4n) is 6.17. The molecule has 0 fully saturated rings. The monoisotopic (exact) mass is 432 g/mol. The van der Waals surface area contributed by atoms with E-state index in [0.29, 0.717) is 0 Å². The molecule has 0 unspecified atom stereocenters. The molecule has 0 saturated heterocycles. The molecule has 0 aliphatic heterocycles. The number of hydrogen-bond acceptors (Lipinski definition) is 0. The molecule has 0 heterocycles. The van der Waals surface area contributed by atoms with Gasteiger partial charge in [-0.15, -0.1) is 0 Å². The highest BCUT2D eigenvalue weighted by Gasteiger charge is 2.48. The zero-order chi connectivity index (χ0) is 22.7. The summed E-state index contributed by atoms with van der Waals surface area (Å²) in [6.07, 6.45) is 4.61. The van der Waals surface area contributed by atoms with Gasteiger partial charge in [-0.2, -0.15) is 0 Å². The Morgan fingerprint density at radius 1 is 0.441 bits per heavy atom. The molecule has 0 amide bonds. The van der Waals surface area contributed by atoms with Crippen LogP contribution in [-0.4, -0.2) is 0 Å². The Morgan fingerprint density at radius 3 is 1.76 bits per heavy atom. The summed E-state index contributed by atoms with van der Waals surface area (Å²) in [5, 5.41) is 0. The summed E-state index contributed by atoms with van der Waals surface area (Å²) >= 11 is 0. The molecule has 0 bridgehead atoms. The van der Waals surface area contributed by atoms with Crippen LogP contribution in [0.5, 0.6) is 0 Å². The van der Waals surface area contributed by atoms with E-state index < -0.39 is 0 Å². The molecule has 7 rings (SSSR count). The van der Waals surface area contributed by atoms with Crippen LogP contribution in [0.2, 0.25) is 0 Å². The lowest BCUT2D eigenvalue weighted by atomic mass is 9.66. The van der Waals surface area contributed by atoms with Crippen LogP contribution in [0.3, 0.4) is 0 Å². The van der Waals surface area contributed by atoms with Crippen molar-refractivity contribution in [2.45, 2.75) is 12.3 Å². The van der Waals surface area contributed by atoms with Crippen LogP contribution >= 0.6 is 0 Å². The second kappa shape index (κ2) is 7.17. The van der Waals surface area contributed by atoms with Crippen LogP contribution in [-0.2, 0) is 5.41 Å². The number of benzene rings is 5.